The van der Waals surface area contributed by atoms with Gasteiger partial charge in [0.05, 0.1) is 12.0 Å². The van der Waals surface area contributed by atoms with E-state index in [1.54, 1.807) is 0 Å². The van der Waals surface area contributed by atoms with E-state index >= 15 is 0 Å². The summed E-state index contributed by atoms with van der Waals surface area (Å²) in [5, 5.41) is 0. The quantitative estimate of drug-likeness (QED) is 0.326. The molecule has 7 heavy (non-hydrogen) atoms. The number of hydrazine groups is 3. The lowest BCUT2D eigenvalue weighted by atomic mass is 10.6. The SMILES string of the molecule is ClCC1NNNN1. The molecule has 0 aromatic heterocycles. The average Bonchev–Trinajstić information content (AvgIpc) is 2.14. The third kappa shape index (κ3) is 1.25. The van der Waals surface area contributed by atoms with Crippen molar-refractivity contribution >= 4 is 11.6 Å². The molecule has 1 fully saturated rings. The third-order valence-electron chi connectivity index (χ3n) is 0.710. The van der Waals surface area contributed by atoms with Crippen molar-refractivity contribution in [2.45, 2.75) is 6.17 Å². The molecule has 0 radical (unpaired) electrons. The van der Waals surface area contributed by atoms with Crippen LogP contribution in [0.3, 0.4) is 0 Å². The largest absolute Gasteiger partial charge is 0.224 e. The van der Waals surface area contributed by atoms with Crippen molar-refractivity contribution in [2.24, 2.45) is 0 Å². The Kier molecular flexibility index (Phi) is 1.84. The minimum Gasteiger partial charge on any atom is -0.224 e. The molecule has 0 atom stereocenters. The smallest absolute Gasteiger partial charge is 0.0993 e. The second-order valence-electron chi connectivity index (χ2n) is 1.25. The number of halogens is 1. The Balaban J connectivity index is 2.14. The third-order valence-corrected chi connectivity index (χ3v) is 1.02. The van der Waals surface area contributed by atoms with E-state index in [4.69, 9.17) is 11.6 Å². The molecule has 1 aliphatic rings. The van der Waals surface area contributed by atoms with Crippen molar-refractivity contribution in [3.63, 3.8) is 0 Å². The Hall–Kier alpha value is 0.130. The topological polar surface area (TPSA) is 48.1 Å². The van der Waals surface area contributed by atoms with Crippen LogP contribution in [-0.4, -0.2) is 12.0 Å². The van der Waals surface area contributed by atoms with Crippen LogP contribution in [-0.2, 0) is 0 Å². The fourth-order valence-corrected chi connectivity index (χ4v) is 0.514. The first kappa shape index (κ1) is 5.27. The monoisotopic (exact) mass is 122 g/mol. The molecule has 1 heterocycles. The molecular weight excluding hydrogens is 116 g/mol. The van der Waals surface area contributed by atoms with Crippen molar-refractivity contribution < 1.29 is 0 Å². The highest BCUT2D eigenvalue weighted by atomic mass is 35.5. The standard InChI is InChI=1S/C2H7ClN4/c3-1-2-4-6-7-5-2/h2,4-7H,1H2. The zero-order valence-corrected chi connectivity index (χ0v) is 4.42. The van der Waals surface area contributed by atoms with Crippen LogP contribution < -0.4 is 21.9 Å². The number of rotatable bonds is 1. The van der Waals surface area contributed by atoms with Gasteiger partial charge in [0.15, 0.2) is 0 Å². The lowest BCUT2D eigenvalue weighted by Gasteiger charge is -1.99. The van der Waals surface area contributed by atoms with Crippen molar-refractivity contribution in [3.8, 4) is 0 Å². The average molecular weight is 123 g/mol. The van der Waals surface area contributed by atoms with Gasteiger partial charge in [-0.15, -0.1) is 11.6 Å². The molecule has 4 nitrogen and oxygen atoms in total. The molecule has 0 spiro atoms. The van der Waals surface area contributed by atoms with Gasteiger partial charge >= 0.3 is 0 Å². The lowest BCUT2D eigenvalue weighted by Crippen LogP contribution is -2.35. The van der Waals surface area contributed by atoms with Gasteiger partial charge in [-0.25, -0.2) is 10.9 Å². The van der Waals surface area contributed by atoms with Gasteiger partial charge in [0.2, 0.25) is 0 Å². The highest BCUT2D eigenvalue weighted by molar-refractivity contribution is 6.18. The number of alkyl halides is 1. The maximum Gasteiger partial charge on any atom is 0.0993 e. The molecule has 42 valence electrons. The highest BCUT2D eigenvalue weighted by Gasteiger charge is 2.08. The first-order chi connectivity index (χ1) is 3.43. The molecule has 0 amide bonds. The Morgan fingerprint density at radius 3 is 2.14 bits per heavy atom. The molecule has 1 aliphatic heterocycles. The molecule has 0 aliphatic carbocycles. The molecule has 1 saturated heterocycles. The highest BCUT2D eigenvalue weighted by Crippen LogP contribution is 1.80. The van der Waals surface area contributed by atoms with Crippen LogP contribution in [0.5, 0.6) is 0 Å². The van der Waals surface area contributed by atoms with Crippen LogP contribution in [0.2, 0.25) is 0 Å². The van der Waals surface area contributed by atoms with Gasteiger partial charge in [-0.1, -0.05) is 0 Å². The van der Waals surface area contributed by atoms with Crippen molar-refractivity contribution in [1.29, 1.82) is 0 Å². The van der Waals surface area contributed by atoms with Gasteiger partial charge in [-0.3, -0.25) is 0 Å². The van der Waals surface area contributed by atoms with E-state index in [2.05, 4.69) is 21.9 Å². The summed E-state index contributed by atoms with van der Waals surface area (Å²) in [6.07, 6.45) is 0.140. The molecule has 4 N–H and O–H groups in total. The van der Waals surface area contributed by atoms with E-state index in [1.165, 1.54) is 0 Å². The minimum atomic E-state index is 0.140. The first-order valence-electron chi connectivity index (χ1n) is 2.00. The van der Waals surface area contributed by atoms with Gasteiger partial charge in [0, 0.05) is 0 Å². The molecule has 0 aromatic rings. The molecule has 5 heteroatoms. The summed E-state index contributed by atoms with van der Waals surface area (Å²) < 4.78 is 0. The fraction of sp³-hybridized carbons (Fsp3) is 1.00. The summed E-state index contributed by atoms with van der Waals surface area (Å²) in [6.45, 7) is 0. The lowest BCUT2D eigenvalue weighted by molar-refractivity contribution is 0.556. The van der Waals surface area contributed by atoms with E-state index in [1.807, 2.05) is 0 Å². The second kappa shape index (κ2) is 2.44. The summed E-state index contributed by atoms with van der Waals surface area (Å²) in [5.74, 6) is 0.542. The number of hydrogen-bond donors (Lipinski definition) is 4. The maximum atomic E-state index is 5.40. The van der Waals surface area contributed by atoms with Crippen molar-refractivity contribution in [2.75, 3.05) is 5.88 Å². The van der Waals surface area contributed by atoms with E-state index in [-0.39, 0.29) is 6.17 Å². The van der Waals surface area contributed by atoms with Gasteiger partial charge in [-0.05, 0) is 0 Å². The zero-order valence-electron chi connectivity index (χ0n) is 3.66. The molecule has 0 saturated carbocycles. The van der Waals surface area contributed by atoms with E-state index in [0.717, 1.165) is 0 Å². The van der Waals surface area contributed by atoms with Crippen molar-refractivity contribution in [1.82, 2.24) is 21.9 Å². The van der Waals surface area contributed by atoms with Crippen molar-refractivity contribution in [3.05, 3.63) is 0 Å². The van der Waals surface area contributed by atoms with Gasteiger partial charge in [0.25, 0.3) is 0 Å². The van der Waals surface area contributed by atoms with Crippen LogP contribution in [0.15, 0.2) is 0 Å². The fourth-order valence-electron chi connectivity index (χ4n) is 0.360. The molecule has 0 bridgehead atoms. The Morgan fingerprint density at radius 2 is 1.86 bits per heavy atom. The summed E-state index contributed by atoms with van der Waals surface area (Å²) >= 11 is 5.40. The van der Waals surface area contributed by atoms with E-state index in [0.29, 0.717) is 5.88 Å². The molecular formula is C2H7ClN4. The van der Waals surface area contributed by atoms with Crippen LogP contribution in [0, 0.1) is 0 Å². The Morgan fingerprint density at radius 1 is 1.29 bits per heavy atom. The molecule has 0 aromatic carbocycles. The van der Waals surface area contributed by atoms with E-state index < -0.39 is 0 Å². The van der Waals surface area contributed by atoms with Gasteiger partial charge in [0.1, 0.15) is 0 Å². The molecule has 0 unspecified atom stereocenters. The minimum absolute atomic E-state index is 0.140. The Bertz CT molecular complexity index is 51.7. The Labute approximate surface area is 46.5 Å². The number of nitrogens with one attached hydrogen (secondary N) is 4. The van der Waals surface area contributed by atoms with Crippen LogP contribution in [0.25, 0.3) is 0 Å². The predicted molar refractivity (Wildman–Crippen MR) is 27.1 cm³/mol. The summed E-state index contributed by atoms with van der Waals surface area (Å²) in [6, 6.07) is 0. The molecule has 1 rings (SSSR count). The maximum absolute atomic E-state index is 5.40. The number of hydrogen-bond acceptors (Lipinski definition) is 4. The van der Waals surface area contributed by atoms with Crippen LogP contribution in [0.1, 0.15) is 0 Å². The van der Waals surface area contributed by atoms with E-state index in [9.17, 15) is 0 Å². The summed E-state index contributed by atoms with van der Waals surface area (Å²) in [4.78, 5) is 0. The second-order valence-corrected chi connectivity index (χ2v) is 1.55. The summed E-state index contributed by atoms with van der Waals surface area (Å²) in [7, 11) is 0. The normalized spacial score (nSPS) is 23.6. The first-order valence-corrected chi connectivity index (χ1v) is 2.54. The zero-order chi connectivity index (χ0) is 5.11. The van der Waals surface area contributed by atoms with Gasteiger partial charge < -0.3 is 0 Å². The predicted octanol–water partition coefficient (Wildman–Crippen LogP) is -1.33. The van der Waals surface area contributed by atoms with Crippen LogP contribution >= 0.6 is 11.6 Å². The van der Waals surface area contributed by atoms with Crippen LogP contribution in [0.4, 0.5) is 0 Å². The summed E-state index contributed by atoms with van der Waals surface area (Å²) in [5.41, 5.74) is 10.9. The van der Waals surface area contributed by atoms with Gasteiger partial charge in [-0.2, -0.15) is 11.1 Å².